The lowest BCUT2D eigenvalue weighted by Gasteiger charge is -2.06. The predicted octanol–water partition coefficient (Wildman–Crippen LogP) is 2.46. The van der Waals surface area contributed by atoms with Gasteiger partial charge in [-0.2, -0.15) is 5.10 Å². The molecule has 0 saturated heterocycles. The first-order valence-corrected chi connectivity index (χ1v) is 6.30. The van der Waals surface area contributed by atoms with Crippen LogP contribution in [0.15, 0.2) is 41.2 Å². The van der Waals surface area contributed by atoms with Gasteiger partial charge in [-0.1, -0.05) is 0 Å². The number of rotatable bonds is 1. The number of halogens is 1. The molecule has 4 rings (SSSR count). The molecule has 1 aromatic heterocycles. The Balaban J connectivity index is 2.04. The SMILES string of the molecule is O=c1[nH]nc(-c2ccc(F)cc2)c2cc3c(cc12)OCO3. The highest BCUT2D eigenvalue weighted by Gasteiger charge is 2.18. The van der Waals surface area contributed by atoms with E-state index in [4.69, 9.17) is 9.47 Å². The average molecular weight is 284 g/mol. The molecule has 0 fully saturated rings. The fourth-order valence-corrected chi connectivity index (χ4v) is 2.38. The lowest BCUT2D eigenvalue weighted by Crippen LogP contribution is -2.09. The number of fused-ring (bicyclic) bond motifs is 2. The molecule has 2 aromatic carbocycles. The van der Waals surface area contributed by atoms with Gasteiger partial charge in [0.15, 0.2) is 11.5 Å². The van der Waals surface area contributed by atoms with E-state index in [1.165, 1.54) is 12.1 Å². The molecule has 3 aromatic rings. The van der Waals surface area contributed by atoms with Crippen LogP contribution in [0, 0.1) is 5.82 Å². The maximum Gasteiger partial charge on any atom is 0.272 e. The maximum atomic E-state index is 13.0. The summed E-state index contributed by atoms with van der Waals surface area (Å²) in [6, 6.07) is 9.27. The van der Waals surface area contributed by atoms with E-state index in [0.29, 0.717) is 33.5 Å². The van der Waals surface area contributed by atoms with Crippen LogP contribution in [0.1, 0.15) is 0 Å². The second-order valence-corrected chi connectivity index (χ2v) is 4.66. The zero-order valence-corrected chi connectivity index (χ0v) is 10.7. The van der Waals surface area contributed by atoms with E-state index in [2.05, 4.69) is 10.2 Å². The first-order valence-electron chi connectivity index (χ1n) is 6.30. The highest BCUT2D eigenvalue weighted by molar-refractivity contribution is 5.95. The van der Waals surface area contributed by atoms with Crippen LogP contribution in [-0.4, -0.2) is 17.0 Å². The molecule has 0 saturated carbocycles. The summed E-state index contributed by atoms with van der Waals surface area (Å²) in [5.74, 6) is 0.771. The van der Waals surface area contributed by atoms with E-state index in [0.717, 1.165) is 0 Å². The van der Waals surface area contributed by atoms with Crippen LogP contribution in [0.5, 0.6) is 11.5 Å². The summed E-state index contributed by atoms with van der Waals surface area (Å²) in [5, 5.41) is 7.61. The standard InChI is InChI=1S/C15H9FN2O3/c16-9-3-1-8(2-4-9)14-10-5-12-13(21-7-20-12)6-11(10)15(19)18-17-14/h1-6H,7H2,(H,18,19). The van der Waals surface area contributed by atoms with Gasteiger partial charge >= 0.3 is 0 Å². The summed E-state index contributed by atoms with van der Waals surface area (Å²) < 4.78 is 23.7. The summed E-state index contributed by atoms with van der Waals surface area (Å²) in [5.41, 5.74) is 0.952. The van der Waals surface area contributed by atoms with Crippen molar-refractivity contribution in [1.29, 1.82) is 0 Å². The Bertz CT molecular complexity index is 903. The van der Waals surface area contributed by atoms with Gasteiger partial charge in [0.2, 0.25) is 6.79 Å². The van der Waals surface area contributed by atoms with Crippen molar-refractivity contribution in [2.45, 2.75) is 0 Å². The molecule has 104 valence electrons. The van der Waals surface area contributed by atoms with Gasteiger partial charge in [0, 0.05) is 10.9 Å². The van der Waals surface area contributed by atoms with Crippen molar-refractivity contribution in [3.8, 4) is 22.8 Å². The summed E-state index contributed by atoms with van der Waals surface area (Å²) in [6.07, 6.45) is 0. The van der Waals surface area contributed by atoms with Gasteiger partial charge in [0.1, 0.15) is 5.82 Å². The zero-order valence-electron chi connectivity index (χ0n) is 10.7. The van der Waals surface area contributed by atoms with E-state index in [-0.39, 0.29) is 18.2 Å². The average Bonchev–Trinajstić information content (AvgIpc) is 2.95. The Labute approximate surface area is 117 Å². The van der Waals surface area contributed by atoms with Crippen molar-refractivity contribution < 1.29 is 13.9 Å². The van der Waals surface area contributed by atoms with Crippen LogP contribution in [0.2, 0.25) is 0 Å². The number of H-pyrrole nitrogens is 1. The summed E-state index contributed by atoms with van der Waals surface area (Å²) in [6.45, 7) is 0.128. The van der Waals surface area contributed by atoms with Crippen molar-refractivity contribution >= 4 is 10.8 Å². The van der Waals surface area contributed by atoms with Crippen molar-refractivity contribution in [3.63, 3.8) is 0 Å². The molecule has 0 atom stereocenters. The quantitative estimate of drug-likeness (QED) is 0.745. The normalized spacial score (nSPS) is 12.8. The van der Waals surface area contributed by atoms with E-state index in [9.17, 15) is 9.18 Å². The smallest absolute Gasteiger partial charge is 0.272 e. The van der Waals surface area contributed by atoms with Crippen LogP contribution in [0.3, 0.4) is 0 Å². The fourth-order valence-electron chi connectivity index (χ4n) is 2.38. The predicted molar refractivity (Wildman–Crippen MR) is 73.9 cm³/mol. The van der Waals surface area contributed by atoms with Gasteiger partial charge < -0.3 is 9.47 Å². The lowest BCUT2D eigenvalue weighted by molar-refractivity contribution is 0.174. The largest absolute Gasteiger partial charge is 0.454 e. The minimum atomic E-state index is -0.329. The van der Waals surface area contributed by atoms with Crippen LogP contribution in [0.4, 0.5) is 4.39 Å². The van der Waals surface area contributed by atoms with Gasteiger partial charge in [-0.15, -0.1) is 0 Å². The molecule has 1 aliphatic rings. The molecule has 0 spiro atoms. The van der Waals surface area contributed by atoms with E-state index in [1.54, 1.807) is 24.3 Å². The van der Waals surface area contributed by atoms with Crippen molar-refractivity contribution in [2.24, 2.45) is 0 Å². The Morgan fingerprint density at radius 3 is 2.43 bits per heavy atom. The van der Waals surface area contributed by atoms with Crippen LogP contribution < -0.4 is 15.0 Å². The number of nitrogens with one attached hydrogen (secondary N) is 1. The Kier molecular flexibility index (Phi) is 2.44. The minimum Gasteiger partial charge on any atom is -0.454 e. The van der Waals surface area contributed by atoms with Crippen LogP contribution in [0.25, 0.3) is 22.0 Å². The van der Waals surface area contributed by atoms with Crippen LogP contribution >= 0.6 is 0 Å². The second kappa shape index (κ2) is 4.31. The van der Waals surface area contributed by atoms with Crippen LogP contribution in [-0.2, 0) is 0 Å². The topological polar surface area (TPSA) is 64.2 Å². The molecule has 0 aliphatic carbocycles. The molecule has 21 heavy (non-hydrogen) atoms. The molecule has 1 N–H and O–H groups in total. The van der Waals surface area contributed by atoms with Crippen molar-refractivity contribution in [1.82, 2.24) is 10.2 Å². The minimum absolute atomic E-state index is 0.128. The molecule has 0 unspecified atom stereocenters. The highest BCUT2D eigenvalue weighted by atomic mass is 19.1. The van der Waals surface area contributed by atoms with Gasteiger partial charge in [0.25, 0.3) is 5.56 Å². The molecule has 0 bridgehead atoms. The molecule has 1 aliphatic heterocycles. The zero-order chi connectivity index (χ0) is 14.4. The number of aromatic nitrogens is 2. The maximum absolute atomic E-state index is 13.0. The Morgan fingerprint density at radius 2 is 1.71 bits per heavy atom. The number of benzene rings is 2. The fraction of sp³-hybridized carbons (Fsp3) is 0.0667. The van der Waals surface area contributed by atoms with Gasteiger partial charge in [-0.25, -0.2) is 9.49 Å². The van der Waals surface area contributed by atoms with E-state index in [1.807, 2.05) is 0 Å². The molecule has 2 heterocycles. The Hall–Kier alpha value is -2.89. The van der Waals surface area contributed by atoms with E-state index < -0.39 is 0 Å². The highest BCUT2D eigenvalue weighted by Crippen LogP contribution is 2.37. The number of hydrogen-bond donors (Lipinski definition) is 1. The molecular weight excluding hydrogens is 275 g/mol. The molecular formula is C15H9FN2O3. The number of nitrogens with zero attached hydrogens (tertiary/aromatic N) is 1. The molecule has 0 amide bonds. The summed E-state index contributed by atoms with van der Waals surface area (Å²) in [7, 11) is 0. The van der Waals surface area contributed by atoms with E-state index >= 15 is 0 Å². The van der Waals surface area contributed by atoms with Gasteiger partial charge in [-0.05, 0) is 36.4 Å². The van der Waals surface area contributed by atoms with Gasteiger partial charge in [0.05, 0.1) is 11.1 Å². The number of hydrogen-bond acceptors (Lipinski definition) is 4. The van der Waals surface area contributed by atoms with Gasteiger partial charge in [-0.3, -0.25) is 4.79 Å². The molecule has 6 heteroatoms. The number of ether oxygens (including phenoxy) is 2. The summed E-state index contributed by atoms with van der Waals surface area (Å²) >= 11 is 0. The third kappa shape index (κ3) is 1.84. The molecule has 5 nitrogen and oxygen atoms in total. The first kappa shape index (κ1) is 11.9. The lowest BCUT2D eigenvalue weighted by atomic mass is 10.0. The monoisotopic (exact) mass is 284 g/mol. The van der Waals surface area contributed by atoms with Crippen molar-refractivity contribution in [2.75, 3.05) is 6.79 Å². The third-order valence-electron chi connectivity index (χ3n) is 3.40. The second-order valence-electron chi connectivity index (χ2n) is 4.66. The van der Waals surface area contributed by atoms with Crippen molar-refractivity contribution in [3.05, 3.63) is 52.6 Å². The number of aromatic amines is 1. The first-order chi connectivity index (χ1) is 10.2. The third-order valence-corrected chi connectivity index (χ3v) is 3.40. The summed E-state index contributed by atoms with van der Waals surface area (Å²) in [4.78, 5) is 11.9. The molecule has 0 radical (unpaired) electrons. The Morgan fingerprint density at radius 1 is 1.05 bits per heavy atom.